The molecule has 0 heterocycles. The lowest BCUT2D eigenvalue weighted by molar-refractivity contribution is -0.138. The zero-order valence-corrected chi connectivity index (χ0v) is 9.54. The van der Waals surface area contributed by atoms with Gasteiger partial charge in [-0.2, -0.15) is 0 Å². The van der Waals surface area contributed by atoms with E-state index in [0.29, 0.717) is 12.3 Å². The van der Waals surface area contributed by atoms with Crippen LogP contribution in [-0.2, 0) is 9.59 Å². The quantitative estimate of drug-likeness (QED) is 0.725. The number of carboxylic acid groups (broad SMARTS) is 1. The Morgan fingerprint density at radius 3 is 2.40 bits per heavy atom. The molecule has 0 radical (unpaired) electrons. The first-order chi connectivity index (χ1) is 6.82. The van der Waals surface area contributed by atoms with E-state index in [1.807, 2.05) is 13.8 Å². The molecular formula is C11H19NO3. The van der Waals surface area contributed by atoms with Gasteiger partial charge in [0.15, 0.2) is 0 Å². The Kier molecular flexibility index (Phi) is 3.37. The van der Waals surface area contributed by atoms with Crippen molar-refractivity contribution in [3.05, 3.63) is 0 Å². The van der Waals surface area contributed by atoms with Gasteiger partial charge in [0.05, 0.1) is 0 Å². The number of rotatable bonds is 5. The first-order valence-corrected chi connectivity index (χ1v) is 5.35. The summed E-state index contributed by atoms with van der Waals surface area (Å²) in [5, 5.41) is 11.5. The van der Waals surface area contributed by atoms with Crippen LogP contribution in [-0.4, -0.2) is 22.5 Å². The van der Waals surface area contributed by atoms with E-state index in [4.69, 9.17) is 5.11 Å². The number of hydrogen-bond acceptors (Lipinski definition) is 2. The molecule has 0 bridgehead atoms. The molecule has 86 valence electrons. The maximum atomic E-state index is 11.6. The molecule has 0 saturated heterocycles. The van der Waals surface area contributed by atoms with Crippen LogP contribution in [0.5, 0.6) is 0 Å². The summed E-state index contributed by atoms with van der Waals surface area (Å²) in [6.45, 7) is 5.77. The van der Waals surface area contributed by atoms with E-state index < -0.39 is 11.5 Å². The lowest BCUT2D eigenvalue weighted by atomic mass is 9.98. The topological polar surface area (TPSA) is 66.4 Å². The molecule has 0 aromatic rings. The van der Waals surface area contributed by atoms with Crippen molar-refractivity contribution < 1.29 is 14.7 Å². The van der Waals surface area contributed by atoms with Gasteiger partial charge in [-0.05, 0) is 32.6 Å². The van der Waals surface area contributed by atoms with E-state index in [9.17, 15) is 9.59 Å². The smallest absolute Gasteiger partial charge is 0.303 e. The molecule has 1 aliphatic carbocycles. The predicted molar refractivity (Wildman–Crippen MR) is 56.4 cm³/mol. The summed E-state index contributed by atoms with van der Waals surface area (Å²) in [5.41, 5.74) is -0.419. The summed E-state index contributed by atoms with van der Waals surface area (Å²) in [7, 11) is 0. The molecule has 1 rings (SSSR count). The van der Waals surface area contributed by atoms with Crippen molar-refractivity contribution in [1.29, 1.82) is 0 Å². The molecule has 1 amide bonds. The fraction of sp³-hybridized carbons (Fsp3) is 0.818. The largest absolute Gasteiger partial charge is 0.481 e. The van der Waals surface area contributed by atoms with Crippen molar-refractivity contribution in [2.24, 2.45) is 11.8 Å². The molecule has 1 fully saturated rings. The van der Waals surface area contributed by atoms with E-state index in [0.717, 1.165) is 6.42 Å². The number of hydrogen-bond donors (Lipinski definition) is 2. The summed E-state index contributed by atoms with van der Waals surface area (Å²) in [5.74, 6) is -0.121. The highest BCUT2D eigenvalue weighted by molar-refractivity contribution is 5.82. The third-order valence-corrected chi connectivity index (χ3v) is 2.87. The Morgan fingerprint density at radius 1 is 1.47 bits per heavy atom. The molecule has 1 saturated carbocycles. The second-order valence-electron chi connectivity index (χ2n) is 5.09. The molecule has 4 heteroatoms. The van der Waals surface area contributed by atoms with Crippen molar-refractivity contribution in [2.75, 3.05) is 0 Å². The van der Waals surface area contributed by atoms with Gasteiger partial charge in [-0.15, -0.1) is 0 Å². The molecular weight excluding hydrogens is 194 g/mol. The third kappa shape index (κ3) is 3.90. The Balaban J connectivity index is 2.34. The average Bonchev–Trinajstić information content (AvgIpc) is 2.79. The summed E-state index contributed by atoms with van der Waals surface area (Å²) in [6.07, 6.45) is 1.52. The Bertz CT molecular complexity index is 273. The molecule has 2 N–H and O–H groups in total. The van der Waals surface area contributed by atoms with Crippen LogP contribution in [0, 0.1) is 11.8 Å². The second kappa shape index (κ2) is 4.21. The van der Waals surface area contributed by atoms with E-state index >= 15 is 0 Å². The van der Waals surface area contributed by atoms with Gasteiger partial charge in [-0.25, -0.2) is 0 Å². The molecule has 0 aliphatic heterocycles. The average molecular weight is 213 g/mol. The van der Waals surface area contributed by atoms with Gasteiger partial charge in [-0.1, -0.05) is 6.92 Å². The third-order valence-electron chi connectivity index (χ3n) is 2.87. The first kappa shape index (κ1) is 12.0. The molecule has 0 aromatic heterocycles. The van der Waals surface area contributed by atoms with Gasteiger partial charge in [0, 0.05) is 17.9 Å². The van der Waals surface area contributed by atoms with Gasteiger partial charge in [0.2, 0.25) is 5.91 Å². The van der Waals surface area contributed by atoms with E-state index in [1.165, 1.54) is 0 Å². The SMILES string of the molecule is C[C@H]1C[C@@H]1C(=O)NC(C)(C)CCC(=O)O. The van der Waals surface area contributed by atoms with Crippen LogP contribution in [0.3, 0.4) is 0 Å². The number of nitrogens with one attached hydrogen (secondary N) is 1. The van der Waals surface area contributed by atoms with Gasteiger partial charge in [0.1, 0.15) is 0 Å². The minimum Gasteiger partial charge on any atom is -0.481 e. The van der Waals surface area contributed by atoms with E-state index in [-0.39, 0.29) is 18.2 Å². The zero-order valence-electron chi connectivity index (χ0n) is 9.54. The maximum absolute atomic E-state index is 11.6. The van der Waals surface area contributed by atoms with Gasteiger partial charge < -0.3 is 10.4 Å². The predicted octanol–water partition coefficient (Wildman–Crippen LogP) is 1.40. The normalized spacial score (nSPS) is 24.7. The van der Waals surface area contributed by atoms with Crippen LogP contribution in [0.1, 0.15) is 40.0 Å². The van der Waals surface area contributed by atoms with Crippen molar-refractivity contribution in [3.8, 4) is 0 Å². The number of carbonyl (C=O) groups excluding carboxylic acids is 1. The molecule has 1 aliphatic rings. The van der Waals surface area contributed by atoms with Crippen LogP contribution in [0.15, 0.2) is 0 Å². The van der Waals surface area contributed by atoms with E-state index in [1.54, 1.807) is 0 Å². The highest BCUT2D eigenvalue weighted by Gasteiger charge is 2.40. The number of aliphatic carboxylic acids is 1. The van der Waals surface area contributed by atoms with Crippen LogP contribution < -0.4 is 5.32 Å². The van der Waals surface area contributed by atoms with Gasteiger partial charge in [-0.3, -0.25) is 9.59 Å². The van der Waals surface area contributed by atoms with Crippen LogP contribution >= 0.6 is 0 Å². The standard InChI is InChI=1S/C11H19NO3/c1-7-6-8(7)10(15)12-11(2,3)5-4-9(13)14/h7-8H,4-6H2,1-3H3,(H,12,15)(H,13,14)/t7-,8-/m0/s1. The number of carbonyl (C=O) groups is 2. The minimum absolute atomic E-state index is 0.0675. The molecule has 0 aromatic carbocycles. The highest BCUT2D eigenvalue weighted by Crippen LogP contribution is 2.38. The van der Waals surface area contributed by atoms with Gasteiger partial charge >= 0.3 is 5.97 Å². The Hall–Kier alpha value is -1.06. The van der Waals surface area contributed by atoms with Crippen LogP contribution in [0.4, 0.5) is 0 Å². The molecule has 2 atom stereocenters. The second-order valence-corrected chi connectivity index (χ2v) is 5.09. The highest BCUT2D eigenvalue weighted by atomic mass is 16.4. The molecule has 0 spiro atoms. The number of amides is 1. The van der Waals surface area contributed by atoms with Crippen molar-refractivity contribution in [1.82, 2.24) is 5.32 Å². The summed E-state index contributed by atoms with van der Waals surface area (Å²) in [6, 6.07) is 0. The maximum Gasteiger partial charge on any atom is 0.303 e. The number of carboxylic acids is 1. The van der Waals surface area contributed by atoms with Crippen molar-refractivity contribution in [3.63, 3.8) is 0 Å². The Labute approximate surface area is 90.0 Å². The lowest BCUT2D eigenvalue weighted by Crippen LogP contribution is -2.44. The lowest BCUT2D eigenvalue weighted by Gasteiger charge is -2.25. The van der Waals surface area contributed by atoms with Crippen molar-refractivity contribution >= 4 is 11.9 Å². The van der Waals surface area contributed by atoms with E-state index in [2.05, 4.69) is 12.2 Å². The van der Waals surface area contributed by atoms with Crippen molar-refractivity contribution in [2.45, 2.75) is 45.6 Å². The van der Waals surface area contributed by atoms with Gasteiger partial charge in [0.25, 0.3) is 0 Å². The molecule has 0 unspecified atom stereocenters. The summed E-state index contributed by atoms with van der Waals surface area (Å²) >= 11 is 0. The zero-order chi connectivity index (χ0) is 11.6. The molecule has 15 heavy (non-hydrogen) atoms. The summed E-state index contributed by atoms with van der Waals surface area (Å²) in [4.78, 5) is 22.0. The monoisotopic (exact) mass is 213 g/mol. The van der Waals surface area contributed by atoms with Crippen LogP contribution in [0.25, 0.3) is 0 Å². The first-order valence-electron chi connectivity index (χ1n) is 5.35. The minimum atomic E-state index is -0.822. The fourth-order valence-corrected chi connectivity index (χ4v) is 1.60. The van der Waals surface area contributed by atoms with Crippen LogP contribution in [0.2, 0.25) is 0 Å². The summed E-state index contributed by atoms with van der Waals surface area (Å²) < 4.78 is 0. The fourth-order valence-electron chi connectivity index (χ4n) is 1.60. The molecule has 4 nitrogen and oxygen atoms in total. The Morgan fingerprint density at radius 2 is 2.00 bits per heavy atom.